The van der Waals surface area contributed by atoms with Crippen LogP contribution in [0.2, 0.25) is 0 Å². The first kappa shape index (κ1) is 9.26. The number of aryl methyl sites for hydroxylation is 2. The second kappa shape index (κ2) is 4.26. The van der Waals surface area contributed by atoms with Gasteiger partial charge in [0.2, 0.25) is 0 Å². The summed E-state index contributed by atoms with van der Waals surface area (Å²) in [4.78, 5) is 4.28. The van der Waals surface area contributed by atoms with E-state index in [2.05, 4.69) is 23.4 Å². The van der Waals surface area contributed by atoms with Crippen LogP contribution in [0.5, 0.6) is 0 Å². The molecule has 1 N–H and O–H groups in total. The van der Waals surface area contributed by atoms with Crippen molar-refractivity contribution in [2.75, 3.05) is 6.61 Å². The van der Waals surface area contributed by atoms with Crippen LogP contribution in [0, 0.1) is 0 Å². The van der Waals surface area contributed by atoms with Crippen molar-refractivity contribution >= 4 is 0 Å². The predicted octanol–water partition coefficient (Wildman–Crippen LogP) is 1.00. The van der Waals surface area contributed by atoms with Crippen molar-refractivity contribution in [3.8, 4) is 0 Å². The maximum Gasteiger partial charge on any atom is 0.108 e. The van der Waals surface area contributed by atoms with E-state index in [1.165, 1.54) is 5.69 Å². The van der Waals surface area contributed by atoms with E-state index >= 15 is 0 Å². The Hall–Kier alpha value is -0.830. The lowest BCUT2D eigenvalue weighted by Gasteiger charge is -2.07. The van der Waals surface area contributed by atoms with Gasteiger partial charge in [-0.1, -0.05) is 13.8 Å². The third kappa shape index (κ3) is 1.67. The van der Waals surface area contributed by atoms with Gasteiger partial charge in [-0.15, -0.1) is 0 Å². The summed E-state index contributed by atoms with van der Waals surface area (Å²) < 4.78 is 2.10. The molecule has 68 valence electrons. The van der Waals surface area contributed by atoms with Crippen LogP contribution < -0.4 is 0 Å². The molecule has 0 unspecified atom stereocenters. The zero-order valence-electron chi connectivity index (χ0n) is 7.75. The highest BCUT2D eigenvalue weighted by Crippen LogP contribution is 2.06. The number of rotatable bonds is 4. The summed E-state index contributed by atoms with van der Waals surface area (Å²) in [6.07, 6.45) is 3.81. The highest BCUT2D eigenvalue weighted by Gasteiger charge is 2.05. The summed E-state index contributed by atoms with van der Waals surface area (Å²) >= 11 is 0. The molecule has 0 fully saturated rings. The Morgan fingerprint density at radius 3 is 2.67 bits per heavy atom. The predicted molar refractivity (Wildman–Crippen MR) is 48.1 cm³/mol. The summed E-state index contributed by atoms with van der Waals surface area (Å²) in [5, 5.41) is 8.83. The van der Waals surface area contributed by atoms with Gasteiger partial charge in [-0.2, -0.15) is 0 Å². The molecule has 0 spiro atoms. The fourth-order valence-electron chi connectivity index (χ4n) is 1.39. The molecule has 0 aliphatic rings. The van der Waals surface area contributed by atoms with E-state index in [1.54, 1.807) is 0 Å². The maximum atomic E-state index is 8.83. The smallest absolute Gasteiger partial charge is 0.108 e. The first-order valence-corrected chi connectivity index (χ1v) is 4.47. The van der Waals surface area contributed by atoms with Crippen LogP contribution in [0.3, 0.4) is 0 Å². The lowest BCUT2D eigenvalue weighted by molar-refractivity contribution is 0.272. The van der Waals surface area contributed by atoms with Crippen molar-refractivity contribution in [2.24, 2.45) is 0 Å². The molecule has 1 rings (SSSR count). The van der Waals surface area contributed by atoms with Crippen LogP contribution in [0.25, 0.3) is 0 Å². The van der Waals surface area contributed by atoms with Gasteiger partial charge in [0.05, 0.1) is 6.61 Å². The topological polar surface area (TPSA) is 38.0 Å². The van der Waals surface area contributed by atoms with Crippen LogP contribution in [-0.2, 0) is 19.4 Å². The van der Waals surface area contributed by atoms with E-state index in [9.17, 15) is 0 Å². The van der Waals surface area contributed by atoms with Gasteiger partial charge in [-0.25, -0.2) is 4.98 Å². The lowest BCUT2D eigenvalue weighted by Crippen LogP contribution is -2.09. The minimum absolute atomic E-state index is 0.191. The zero-order chi connectivity index (χ0) is 8.97. The normalized spacial score (nSPS) is 10.6. The van der Waals surface area contributed by atoms with Gasteiger partial charge in [-0.3, -0.25) is 0 Å². The summed E-state index contributed by atoms with van der Waals surface area (Å²) in [6, 6.07) is 0. The molecule has 0 saturated heterocycles. The van der Waals surface area contributed by atoms with Crippen molar-refractivity contribution in [3.63, 3.8) is 0 Å². The Bertz CT molecular complexity index is 221. The lowest BCUT2D eigenvalue weighted by atomic mass is 10.3. The number of aliphatic hydroxyl groups is 1. The summed E-state index contributed by atoms with van der Waals surface area (Å²) in [7, 11) is 0. The van der Waals surface area contributed by atoms with Gasteiger partial charge in [0.25, 0.3) is 0 Å². The van der Waals surface area contributed by atoms with Crippen LogP contribution in [0.1, 0.15) is 25.4 Å². The molecule has 0 radical (unpaired) electrons. The summed E-state index contributed by atoms with van der Waals surface area (Å²) in [6.45, 7) is 5.04. The average molecular weight is 168 g/mol. The van der Waals surface area contributed by atoms with Crippen molar-refractivity contribution in [1.29, 1.82) is 0 Å². The molecule has 0 bridgehead atoms. The highest BCUT2D eigenvalue weighted by atomic mass is 16.3. The first-order valence-electron chi connectivity index (χ1n) is 4.47. The van der Waals surface area contributed by atoms with Crippen LogP contribution >= 0.6 is 0 Å². The Balaban J connectivity index is 2.90. The molecule has 1 heterocycles. The Kier molecular flexibility index (Phi) is 3.29. The van der Waals surface area contributed by atoms with Gasteiger partial charge in [0.15, 0.2) is 0 Å². The molecule has 1 aromatic heterocycles. The van der Waals surface area contributed by atoms with Crippen molar-refractivity contribution in [1.82, 2.24) is 9.55 Å². The Morgan fingerprint density at radius 2 is 2.17 bits per heavy atom. The van der Waals surface area contributed by atoms with Crippen LogP contribution in [0.15, 0.2) is 6.20 Å². The van der Waals surface area contributed by atoms with Gasteiger partial charge in [-0.05, 0) is 6.42 Å². The first-order chi connectivity index (χ1) is 5.83. The second-order valence-electron chi connectivity index (χ2n) is 2.75. The standard InChI is InChI=1S/C9H16N2O/c1-3-8-7-10-9(4-2)11(8)5-6-12/h7,12H,3-6H2,1-2H3. The number of hydrogen-bond donors (Lipinski definition) is 1. The molecule has 0 atom stereocenters. The van der Waals surface area contributed by atoms with Gasteiger partial charge >= 0.3 is 0 Å². The molecule has 3 nitrogen and oxygen atoms in total. The number of hydrogen-bond acceptors (Lipinski definition) is 2. The number of aromatic nitrogens is 2. The summed E-state index contributed by atoms with van der Waals surface area (Å²) in [5.74, 6) is 1.07. The minimum atomic E-state index is 0.191. The fourth-order valence-corrected chi connectivity index (χ4v) is 1.39. The molecular formula is C9H16N2O. The molecule has 3 heteroatoms. The molecule has 1 aromatic rings. The fraction of sp³-hybridized carbons (Fsp3) is 0.667. The number of nitrogens with zero attached hydrogens (tertiary/aromatic N) is 2. The molecule has 0 aromatic carbocycles. The van der Waals surface area contributed by atoms with E-state index in [4.69, 9.17) is 5.11 Å². The third-order valence-electron chi connectivity index (χ3n) is 2.02. The zero-order valence-corrected chi connectivity index (χ0v) is 7.75. The molecule has 12 heavy (non-hydrogen) atoms. The third-order valence-corrected chi connectivity index (χ3v) is 2.02. The highest BCUT2D eigenvalue weighted by molar-refractivity contribution is 5.05. The maximum absolute atomic E-state index is 8.83. The second-order valence-corrected chi connectivity index (χ2v) is 2.75. The van der Waals surface area contributed by atoms with Crippen molar-refractivity contribution < 1.29 is 5.11 Å². The molecule has 0 amide bonds. The van der Waals surface area contributed by atoms with E-state index in [0.717, 1.165) is 18.7 Å². The van der Waals surface area contributed by atoms with E-state index < -0.39 is 0 Å². The van der Waals surface area contributed by atoms with Gasteiger partial charge < -0.3 is 9.67 Å². The van der Waals surface area contributed by atoms with Crippen molar-refractivity contribution in [2.45, 2.75) is 33.2 Å². The Morgan fingerprint density at radius 1 is 1.42 bits per heavy atom. The molecule has 0 saturated carbocycles. The molecule has 0 aliphatic carbocycles. The minimum Gasteiger partial charge on any atom is -0.395 e. The van der Waals surface area contributed by atoms with E-state index in [0.29, 0.717) is 6.54 Å². The molecule has 0 aliphatic heterocycles. The van der Waals surface area contributed by atoms with E-state index in [1.807, 2.05) is 6.20 Å². The van der Waals surface area contributed by atoms with Gasteiger partial charge in [0.1, 0.15) is 5.82 Å². The molecular weight excluding hydrogens is 152 g/mol. The van der Waals surface area contributed by atoms with E-state index in [-0.39, 0.29) is 6.61 Å². The summed E-state index contributed by atoms with van der Waals surface area (Å²) in [5.41, 5.74) is 1.21. The largest absolute Gasteiger partial charge is 0.395 e. The van der Waals surface area contributed by atoms with Crippen LogP contribution in [-0.4, -0.2) is 21.3 Å². The SMILES string of the molecule is CCc1cnc(CC)n1CCO. The quantitative estimate of drug-likeness (QED) is 0.728. The van der Waals surface area contributed by atoms with Crippen molar-refractivity contribution in [3.05, 3.63) is 17.7 Å². The monoisotopic (exact) mass is 168 g/mol. The van der Waals surface area contributed by atoms with Crippen LogP contribution in [0.4, 0.5) is 0 Å². The number of imidazole rings is 1. The Labute approximate surface area is 73.1 Å². The van der Waals surface area contributed by atoms with Gasteiger partial charge in [0, 0.05) is 24.9 Å². The average Bonchev–Trinajstić information content (AvgIpc) is 2.48. The number of aliphatic hydroxyl groups excluding tert-OH is 1.